The molecule has 0 saturated heterocycles. The second-order valence-corrected chi connectivity index (χ2v) is 6.05. The van der Waals surface area contributed by atoms with Crippen LogP contribution in [0, 0.1) is 12.1 Å². The van der Waals surface area contributed by atoms with Gasteiger partial charge in [0.1, 0.15) is 0 Å². The third-order valence-corrected chi connectivity index (χ3v) is 4.30. The highest BCUT2D eigenvalue weighted by molar-refractivity contribution is 5.88. The zero-order chi connectivity index (χ0) is 17.6. The first-order valence-electron chi connectivity index (χ1n) is 8.73. The van der Waals surface area contributed by atoms with E-state index in [-0.39, 0.29) is 0 Å². The maximum atomic E-state index is 3.62. The molecular weight excluding hydrogens is 312 g/mol. The van der Waals surface area contributed by atoms with E-state index in [0.717, 1.165) is 33.4 Å². The Labute approximate surface area is 155 Å². The van der Waals surface area contributed by atoms with Crippen LogP contribution in [0.25, 0.3) is 16.7 Å². The van der Waals surface area contributed by atoms with Gasteiger partial charge in [-0.25, -0.2) is 0 Å². The molecule has 0 aliphatic heterocycles. The lowest BCUT2D eigenvalue weighted by molar-refractivity contribution is 1.49. The summed E-state index contributed by atoms with van der Waals surface area (Å²) in [6, 6.07) is 40.7. The van der Waals surface area contributed by atoms with E-state index in [1.54, 1.807) is 0 Å². The van der Waals surface area contributed by atoms with Crippen LogP contribution in [0.2, 0.25) is 0 Å². The molecule has 122 valence electrons. The topological polar surface area (TPSA) is 0 Å². The molecule has 0 N–H and O–H groups in total. The third-order valence-electron chi connectivity index (χ3n) is 4.30. The Bertz CT molecular complexity index is 997. The van der Waals surface area contributed by atoms with Gasteiger partial charge in [0.15, 0.2) is 0 Å². The first-order valence-corrected chi connectivity index (χ1v) is 8.73. The van der Waals surface area contributed by atoms with Gasteiger partial charge in [0.25, 0.3) is 0 Å². The third kappa shape index (κ3) is 3.50. The van der Waals surface area contributed by atoms with Gasteiger partial charge in [-0.1, -0.05) is 109 Å². The average molecular weight is 330 g/mol. The molecule has 26 heavy (non-hydrogen) atoms. The smallest absolute Gasteiger partial charge is 0.00141 e. The first kappa shape index (κ1) is 16.1. The van der Waals surface area contributed by atoms with Crippen LogP contribution in [0.4, 0.5) is 0 Å². The summed E-state index contributed by atoms with van der Waals surface area (Å²) >= 11 is 0. The van der Waals surface area contributed by atoms with Crippen molar-refractivity contribution in [2.75, 3.05) is 0 Å². The molecule has 0 nitrogen and oxygen atoms in total. The molecule has 0 aromatic heterocycles. The fourth-order valence-corrected chi connectivity index (χ4v) is 3.06. The summed E-state index contributed by atoms with van der Waals surface area (Å²) in [5.74, 6) is 0. The van der Waals surface area contributed by atoms with Gasteiger partial charge in [-0.05, 0) is 45.5 Å². The minimum atomic E-state index is 1.07. The Morgan fingerprint density at radius 2 is 1.27 bits per heavy atom. The van der Waals surface area contributed by atoms with E-state index in [0.29, 0.717) is 0 Å². The van der Waals surface area contributed by atoms with Crippen molar-refractivity contribution < 1.29 is 0 Å². The van der Waals surface area contributed by atoms with Gasteiger partial charge in [0.05, 0.1) is 0 Å². The Morgan fingerprint density at radius 1 is 0.615 bits per heavy atom. The van der Waals surface area contributed by atoms with Gasteiger partial charge in [-0.3, -0.25) is 0 Å². The van der Waals surface area contributed by atoms with Crippen LogP contribution in [-0.2, 0) is 0 Å². The number of hydrogen-bond acceptors (Lipinski definition) is 0. The van der Waals surface area contributed by atoms with Gasteiger partial charge in [0, 0.05) is 0 Å². The first-order chi connectivity index (χ1) is 12.9. The quantitative estimate of drug-likeness (QED) is 0.378. The number of rotatable bonds is 4. The molecule has 0 fully saturated rings. The summed E-state index contributed by atoms with van der Waals surface area (Å²) in [5.41, 5.74) is 6.72. The molecule has 0 bridgehead atoms. The molecule has 0 heteroatoms. The number of benzene rings is 4. The molecule has 0 heterocycles. The van der Waals surface area contributed by atoms with E-state index < -0.39 is 0 Å². The predicted molar refractivity (Wildman–Crippen MR) is 108 cm³/mol. The van der Waals surface area contributed by atoms with E-state index in [4.69, 9.17) is 0 Å². The van der Waals surface area contributed by atoms with E-state index >= 15 is 0 Å². The second-order valence-electron chi connectivity index (χ2n) is 6.05. The van der Waals surface area contributed by atoms with Gasteiger partial charge in [0.2, 0.25) is 0 Å². The van der Waals surface area contributed by atoms with Crippen molar-refractivity contribution in [3.8, 4) is 11.1 Å². The van der Waals surface area contributed by atoms with Crippen molar-refractivity contribution in [2.24, 2.45) is 0 Å². The van der Waals surface area contributed by atoms with E-state index in [9.17, 15) is 0 Å². The van der Waals surface area contributed by atoms with Gasteiger partial charge >= 0.3 is 0 Å². The molecule has 0 amide bonds. The maximum Gasteiger partial charge on any atom is -0.00141 e. The summed E-state index contributed by atoms with van der Waals surface area (Å²) in [5, 5.41) is 0. The lowest BCUT2D eigenvalue weighted by Gasteiger charge is -2.14. The van der Waals surface area contributed by atoms with Gasteiger partial charge in [-0.2, -0.15) is 0 Å². The van der Waals surface area contributed by atoms with Crippen LogP contribution in [0.3, 0.4) is 0 Å². The van der Waals surface area contributed by atoms with Crippen LogP contribution in [0.15, 0.2) is 109 Å². The normalized spacial score (nSPS) is 11.3. The maximum absolute atomic E-state index is 3.62. The number of hydrogen-bond donors (Lipinski definition) is 0. The van der Waals surface area contributed by atoms with Crippen LogP contribution in [0.1, 0.15) is 16.7 Å². The highest BCUT2D eigenvalue weighted by Crippen LogP contribution is 2.33. The molecule has 0 aliphatic carbocycles. The second kappa shape index (κ2) is 7.67. The Morgan fingerprint density at radius 3 is 2.00 bits per heavy atom. The highest BCUT2D eigenvalue weighted by atomic mass is 14.1. The lowest BCUT2D eigenvalue weighted by atomic mass is 9.89. The molecule has 2 radical (unpaired) electrons. The molecule has 4 aromatic rings. The lowest BCUT2D eigenvalue weighted by Crippen LogP contribution is -1.93. The van der Waals surface area contributed by atoms with Crippen LogP contribution in [0.5, 0.6) is 0 Å². The molecule has 0 aliphatic rings. The SMILES string of the molecule is [C](=C(c1ccccc1)c1ccccc1-c1[c]cccc1)c1ccccc1. The Kier molecular flexibility index (Phi) is 4.75. The Hall–Kier alpha value is -3.38. The fraction of sp³-hybridized carbons (Fsp3) is 0. The van der Waals surface area contributed by atoms with Crippen LogP contribution in [-0.4, -0.2) is 0 Å². The molecule has 0 spiro atoms. The molecule has 4 rings (SSSR count). The minimum absolute atomic E-state index is 1.07. The largest absolute Gasteiger partial charge is 0.0622 e. The van der Waals surface area contributed by atoms with Crippen molar-refractivity contribution in [1.29, 1.82) is 0 Å². The van der Waals surface area contributed by atoms with Gasteiger partial charge < -0.3 is 0 Å². The monoisotopic (exact) mass is 330 g/mol. The summed E-state index contributed by atoms with van der Waals surface area (Å²) in [4.78, 5) is 0. The summed E-state index contributed by atoms with van der Waals surface area (Å²) in [6.45, 7) is 0. The van der Waals surface area contributed by atoms with Crippen molar-refractivity contribution in [1.82, 2.24) is 0 Å². The van der Waals surface area contributed by atoms with Gasteiger partial charge in [-0.15, -0.1) is 0 Å². The average Bonchev–Trinajstić information content (AvgIpc) is 2.74. The summed E-state index contributed by atoms with van der Waals surface area (Å²) in [7, 11) is 0. The standard InChI is InChI=1S/C26H18/c1-4-12-21(13-5-1)20-26(23-16-8-3-9-17-23)25-19-11-10-18-24(25)22-14-6-2-7-15-22/h1-14,16-19H. The fourth-order valence-electron chi connectivity index (χ4n) is 3.06. The molecule has 0 atom stereocenters. The molecule has 0 unspecified atom stereocenters. The summed E-state index contributed by atoms with van der Waals surface area (Å²) < 4.78 is 0. The minimum Gasteiger partial charge on any atom is -0.0622 e. The molecule has 4 aromatic carbocycles. The van der Waals surface area contributed by atoms with E-state index in [1.165, 1.54) is 0 Å². The van der Waals surface area contributed by atoms with E-state index in [1.807, 2.05) is 36.4 Å². The van der Waals surface area contributed by atoms with Crippen LogP contribution >= 0.6 is 0 Å². The van der Waals surface area contributed by atoms with Crippen LogP contribution < -0.4 is 0 Å². The molecular formula is C26H18. The molecule has 0 saturated carbocycles. The predicted octanol–water partition coefficient (Wildman–Crippen LogP) is 6.44. The van der Waals surface area contributed by atoms with E-state index in [2.05, 4.69) is 84.9 Å². The van der Waals surface area contributed by atoms with Crippen molar-refractivity contribution in [3.05, 3.63) is 138 Å². The zero-order valence-electron chi connectivity index (χ0n) is 14.4. The Balaban J connectivity index is 1.93. The summed E-state index contributed by atoms with van der Waals surface area (Å²) in [6.07, 6.45) is 3.62. The zero-order valence-corrected chi connectivity index (χ0v) is 14.4. The van der Waals surface area contributed by atoms with Crippen molar-refractivity contribution in [2.45, 2.75) is 0 Å². The van der Waals surface area contributed by atoms with Crippen molar-refractivity contribution in [3.63, 3.8) is 0 Å². The van der Waals surface area contributed by atoms with Crippen molar-refractivity contribution >= 4 is 5.57 Å². The highest BCUT2D eigenvalue weighted by Gasteiger charge is 2.11.